The Morgan fingerprint density at radius 2 is 2.06 bits per heavy atom. The van der Waals surface area contributed by atoms with E-state index in [1.165, 1.54) is 11.3 Å². The summed E-state index contributed by atoms with van der Waals surface area (Å²) < 4.78 is 38.1. The van der Waals surface area contributed by atoms with Gasteiger partial charge < -0.3 is 5.11 Å². The molecule has 1 saturated carbocycles. The maximum absolute atomic E-state index is 12.7. The van der Waals surface area contributed by atoms with Crippen molar-refractivity contribution in [1.82, 2.24) is 0 Å². The fraction of sp³-hybridized carbons (Fsp3) is 0.692. The molecule has 0 aliphatic heterocycles. The van der Waals surface area contributed by atoms with E-state index in [4.69, 9.17) is 0 Å². The fourth-order valence-electron chi connectivity index (χ4n) is 2.66. The van der Waals surface area contributed by atoms with Crippen LogP contribution in [-0.4, -0.2) is 11.3 Å². The van der Waals surface area contributed by atoms with E-state index in [2.05, 4.69) is 0 Å². The van der Waals surface area contributed by atoms with Crippen LogP contribution in [0.25, 0.3) is 0 Å². The van der Waals surface area contributed by atoms with Gasteiger partial charge in [-0.1, -0.05) is 6.42 Å². The molecule has 18 heavy (non-hydrogen) atoms. The zero-order chi connectivity index (χ0) is 13.3. The second-order valence-electron chi connectivity index (χ2n) is 5.06. The van der Waals surface area contributed by atoms with Gasteiger partial charge >= 0.3 is 6.18 Å². The number of aliphatic hydroxyl groups is 1. The smallest absolute Gasteiger partial charge is 0.387 e. The van der Waals surface area contributed by atoms with Gasteiger partial charge in [0.1, 0.15) is 0 Å². The SMILES string of the molecule is Cc1ccc(C(O)C2CCCC(C(F)(F)F)C2)s1. The molecule has 102 valence electrons. The molecule has 1 N–H and O–H groups in total. The lowest BCUT2D eigenvalue weighted by Gasteiger charge is -2.32. The standard InChI is InChI=1S/C13H17F3OS/c1-8-5-6-11(18-8)12(17)9-3-2-4-10(7-9)13(14,15)16/h5-6,9-10,12,17H,2-4,7H2,1H3. The van der Waals surface area contributed by atoms with Crippen LogP contribution >= 0.6 is 11.3 Å². The number of thiophene rings is 1. The highest BCUT2D eigenvalue weighted by Gasteiger charge is 2.43. The van der Waals surface area contributed by atoms with E-state index in [1.54, 1.807) is 0 Å². The van der Waals surface area contributed by atoms with Crippen molar-refractivity contribution in [2.75, 3.05) is 0 Å². The van der Waals surface area contributed by atoms with Crippen molar-refractivity contribution in [3.05, 3.63) is 21.9 Å². The molecule has 0 radical (unpaired) electrons. The van der Waals surface area contributed by atoms with Gasteiger partial charge in [0.05, 0.1) is 12.0 Å². The van der Waals surface area contributed by atoms with Gasteiger partial charge in [0.25, 0.3) is 0 Å². The van der Waals surface area contributed by atoms with Gasteiger partial charge in [0.15, 0.2) is 0 Å². The number of hydrogen-bond acceptors (Lipinski definition) is 2. The van der Waals surface area contributed by atoms with E-state index in [9.17, 15) is 18.3 Å². The zero-order valence-corrected chi connectivity index (χ0v) is 11.0. The van der Waals surface area contributed by atoms with Gasteiger partial charge in [-0.2, -0.15) is 13.2 Å². The van der Waals surface area contributed by atoms with Gasteiger partial charge in [-0.25, -0.2) is 0 Å². The molecule has 2 rings (SSSR count). The topological polar surface area (TPSA) is 20.2 Å². The third-order valence-electron chi connectivity index (χ3n) is 3.68. The summed E-state index contributed by atoms with van der Waals surface area (Å²) in [4.78, 5) is 1.87. The third kappa shape index (κ3) is 3.06. The van der Waals surface area contributed by atoms with Gasteiger partial charge in [-0.15, -0.1) is 11.3 Å². The molecule has 0 bridgehead atoms. The average Bonchev–Trinajstić information content (AvgIpc) is 2.74. The summed E-state index contributed by atoms with van der Waals surface area (Å²) >= 11 is 1.47. The van der Waals surface area contributed by atoms with Crippen LogP contribution in [0, 0.1) is 18.8 Å². The van der Waals surface area contributed by atoms with Crippen LogP contribution in [0.4, 0.5) is 13.2 Å². The van der Waals surface area contributed by atoms with Crippen LogP contribution in [0.15, 0.2) is 12.1 Å². The maximum atomic E-state index is 12.7. The highest BCUT2D eigenvalue weighted by Crippen LogP contribution is 2.44. The van der Waals surface area contributed by atoms with Crippen LogP contribution in [0.5, 0.6) is 0 Å². The molecule has 1 aliphatic rings. The first-order chi connectivity index (χ1) is 8.38. The van der Waals surface area contributed by atoms with Gasteiger partial charge in [0, 0.05) is 9.75 Å². The minimum atomic E-state index is -4.12. The summed E-state index contributed by atoms with van der Waals surface area (Å²) in [6.07, 6.45) is -3.36. The van der Waals surface area contributed by atoms with E-state index < -0.39 is 18.2 Å². The van der Waals surface area contributed by atoms with E-state index in [-0.39, 0.29) is 18.8 Å². The lowest BCUT2D eigenvalue weighted by atomic mass is 9.78. The molecule has 3 unspecified atom stereocenters. The minimum Gasteiger partial charge on any atom is -0.387 e. The highest BCUT2D eigenvalue weighted by atomic mass is 32.1. The molecule has 0 aromatic carbocycles. The molecule has 1 heterocycles. The first kappa shape index (κ1) is 13.9. The Hall–Kier alpha value is -0.550. The van der Waals surface area contributed by atoms with Gasteiger partial charge in [0.2, 0.25) is 0 Å². The van der Waals surface area contributed by atoms with Crippen molar-refractivity contribution in [2.45, 2.75) is 44.9 Å². The number of rotatable bonds is 2. The molecule has 1 nitrogen and oxygen atoms in total. The molecule has 5 heteroatoms. The Balaban J connectivity index is 2.05. The minimum absolute atomic E-state index is 0.0572. The Labute approximate surface area is 109 Å². The predicted octanol–water partition coefficient (Wildman–Crippen LogP) is 4.46. The lowest BCUT2D eigenvalue weighted by Crippen LogP contribution is -2.30. The maximum Gasteiger partial charge on any atom is 0.391 e. The number of aryl methyl sites for hydroxylation is 1. The molecule has 0 amide bonds. The molecule has 1 aromatic heterocycles. The van der Waals surface area contributed by atoms with Gasteiger partial charge in [-0.3, -0.25) is 0 Å². The number of halogens is 3. The first-order valence-electron chi connectivity index (χ1n) is 6.19. The molecular weight excluding hydrogens is 261 g/mol. The summed E-state index contributed by atoms with van der Waals surface area (Å²) in [5.41, 5.74) is 0. The molecular formula is C13H17F3OS. The molecule has 0 saturated heterocycles. The Kier molecular flexibility index (Phi) is 4.02. The van der Waals surface area contributed by atoms with Gasteiger partial charge in [-0.05, 0) is 44.2 Å². The van der Waals surface area contributed by atoms with Crippen molar-refractivity contribution >= 4 is 11.3 Å². The third-order valence-corrected chi connectivity index (χ3v) is 4.75. The zero-order valence-electron chi connectivity index (χ0n) is 10.2. The van der Waals surface area contributed by atoms with Crippen LogP contribution in [-0.2, 0) is 0 Å². The van der Waals surface area contributed by atoms with Crippen LogP contribution in [0.1, 0.15) is 41.5 Å². The summed E-state index contributed by atoms with van der Waals surface area (Å²) in [5.74, 6) is -1.50. The lowest BCUT2D eigenvalue weighted by molar-refractivity contribution is -0.188. The first-order valence-corrected chi connectivity index (χ1v) is 7.00. The summed E-state index contributed by atoms with van der Waals surface area (Å²) in [5, 5.41) is 10.2. The Morgan fingerprint density at radius 3 is 2.61 bits per heavy atom. The van der Waals surface area contributed by atoms with Crippen LogP contribution < -0.4 is 0 Å². The van der Waals surface area contributed by atoms with Crippen LogP contribution in [0.2, 0.25) is 0 Å². The number of alkyl halides is 3. The van der Waals surface area contributed by atoms with Crippen molar-refractivity contribution < 1.29 is 18.3 Å². The quantitative estimate of drug-likeness (QED) is 0.847. The van der Waals surface area contributed by atoms with Crippen LogP contribution in [0.3, 0.4) is 0 Å². The fourth-order valence-corrected chi connectivity index (χ4v) is 3.61. The van der Waals surface area contributed by atoms with Crippen molar-refractivity contribution in [3.63, 3.8) is 0 Å². The van der Waals surface area contributed by atoms with Crippen molar-refractivity contribution in [1.29, 1.82) is 0 Å². The normalized spacial score (nSPS) is 27.2. The van der Waals surface area contributed by atoms with Crippen molar-refractivity contribution in [3.8, 4) is 0 Å². The Bertz CT molecular complexity index is 399. The predicted molar refractivity (Wildman–Crippen MR) is 65.5 cm³/mol. The molecule has 1 aliphatic carbocycles. The second kappa shape index (κ2) is 5.21. The van der Waals surface area contributed by atoms with E-state index >= 15 is 0 Å². The van der Waals surface area contributed by atoms with E-state index in [0.29, 0.717) is 12.8 Å². The highest BCUT2D eigenvalue weighted by molar-refractivity contribution is 7.12. The monoisotopic (exact) mass is 278 g/mol. The van der Waals surface area contributed by atoms with E-state index in [1.807, 2.05) is 19.1 Å². The largest absolute Gasteiger partial charge is 0.391 e. The Morgan fingerprint density at radius 1 is 1.33 bits per heavy atom. The summed E-state index contributed by atoms with van der Waals surface area (Å²) in [6, 6.07) is 3.72. The molecule has 3 atom stereocenters. The number of aliphatic hydroxyl groups excluding tert-OH is 1. The van der Waals surface area contributed by atoms with Crippen molar-refractivity contribution in [2.24, 2.45) is 11.8 Å². The summed E-state index contributed by atoms with van der Waals surface area (Å²) in [7, 11) is 0. The molecule has 1 aromatic rings. The molecule has 1 fully saturated rings. The summed E-state index contributed by atoms with van der Waals surface area (Å²) in [6.45, 7) is 1.93. The second-order valence-corrected chi connectivity index (χ2v) is 6.38. The van der Waals surface area contributed by atoms with E-state index in [0.717, 1.165) is 9.75 Å². The molecule has 0 spiro atoms. The number of hydrogen-bond donors (Lipinski definition) is 1. The average molecular weight is 278 g/mol.